The number of hydrogen-bond acceptors (Lipinski definition) is 6. The summed E-state index contributed by atoms with van der Waals surface area (Å²) < 4.78 is 12.7. The molecule has 0 aliphatic carbocycles. The minimum Gasteiger partial charge on any atom is -0.490 e. The zero-order chi connectivity index (χ0) is 33.1. The van der Waals surface area contributed by atoms with Crippen LogP contribution < -0.4 is 10.1 Å². The molecule has 0 saturated carbocycles. The molecule has 0 radical (unpaired) electrons. The Bertz CT molecular complexity index is 1430. The number of ether oxygens (including phenoxy) is 2. The molecule has 0 bridgehead atoms. The number of fused-ring (bicyclic) bond motifs is 1. The van der Waals surface area contributed by atoms with Crippen molar-refractivity contribution in [2.24, 2.45) is 5.92 Å². The zero-order valence-corrected chi connectivity index (χ0v) is 27.4. The molecule has 0 spiro atoms. The molecule has 0 aromatic heterocycles. The first kappa shape index (κ1) is 34.7. The summed E-state index contributed by atoms with van der Waals surface area (Å²) >= 11 is 0. The van der Waals surface area contributed by atoms with Crippen LogP contribution in [0.4, 0.5) is 5.69 Å². The lowest BCUT2D eigenvalue weighted by atomic mass is 10.0. The van der Waals surface area contributed by atoms with E-state index in [2.05, 4.69) is 5.32 Å². The Labute approximate surface area is 272 Å². The van der Waals surface area contributed by atoms with Crippen LogP contribution in [0.15, 0.2) is 78.9 Å². The van der Waals surface area contributed by atoms with Crippen LogP contribution in [-0.4, -0.2) is 84.2 Å². The van der Waals surface area contributed by atoms with Crippen LogP contribution in [-0.2, 0) is 16.0 Å². The summed E-state index contributed by atoms with van der Waals surface area (Å²) in [5.74, 6) is -0.367. The first-order chi connectivity index (χ1) is 22.2. The van der Waals surface area contributed by atoms with Crippen molar-refractivity contribution in [1.29, 1.82) is 0 Å². The maximum Gasteiger partial charge on any atom is 0.258 e. The first-order valence-corrected chi connectivity index (χ1v) is 16.1. The molecular formula is C37H47N3O6. The molecule has 3 aromatic rings. The fraction of sp³-hybridized carbons (Fsp3) is 0.432. The average Bonchev–Trinajstić information content (AvgIpc) is 3.06. The van der Waals surface area contributed by atoms with Gasteiger partial charge in [0, 0.05) is 43.9 Å². The van der Waals surface area contributed by atoms with E-state index in [0.717, 1.165) is 24.8 Å². The molecule has 4 rings (SSSR count). The second kappa shape index (κ2) is 16.9. The summed E-state index contributed by atoms with van der Waals surface area (Å²) in [7, 11) is 1.78. The van der Waals surface area contributed by atoms with Crippen molar-refractivity contribution in [1.82, 2.24) is 9.80 Å². The number of amides is 3. The van der Waals surface area contributed by atoms with Crippen LogP contribution in [0.1, 0.15) is 66.3 Å². The molecule has 1 aliphatic heterocycles. The molecule has 1 heterocycles. The number of carbonyl (C=O) groups is 3. The Morgan fingerprint density at radius 1 is 1.02 bits per heavy atom. The second-order valence-corrected chi connectivity index (χ2v) is 12.3. The molecule has 2 N–H and O–H groups in total. The van der Waals surface area contributed by atoms with Crippen LogP contribution in [0.25, 0.3) is 0 Å². The third-order valence-electron chi connectivity index (χ3n) is 8.42. The highest BCUT2D eigenvalue weighted by Gasteiger charge is 2.31. The number of aliphatic hydroxyl groups is 1. The maximum absolute atomic E-state index is 14.3. The Hall–Kier alpha value is -4.21. The summed E-state index contributed by atoms with van der Waals surface area (Å²) in [4.78, 5) is 43.7. The molecular weight excluding hydrogens is 582 g/mol. The van der Waals surface area contributed by atoms with E-state index in [1.54, 1.807) is 66.2 Å². The van der Waals surface area contributed by atoms with Gasteiger partial charge in [0.05, 0.1) is 36.8 Å². The van der Waals surface area contributed by atoms with Crippen molar-refractivity contribution < 1.29 is 29.0 Å². The van der Waals surface area contributed by atoms with Gasteiger partial charge >= 0.3 is 0 Å². The lowest BCUT2D eigenvalue weighted by Gasteiger charge is -2.36. The van der Waals surface area contributed by atoms with Gasteiger partial charge in [0.2, 0.25) is 5.91 Å². The number of anilines is 1. The van der Waals surface area contributed by atoms with Gasteiger partial charge in [-0.05, 0) is 69.0 Å². The van der Waals surface area contributed by atoms with Gasteiger partial charge in [0.1, 0.15) is 5.75 Å². The summed E-state index contributed by atoms with van der Waals surface area (Å²) in [5.41, 5.74) is 2.21. The predicted octanol–water partition coefficient (Wildman–Crippen LogP) is 5.44. The second-order valence-electron chi connectivity index (χ2n) is 12.3. The summed E-state index contributed by atoms with van der Waals surface area (Å²) in [6.07, 6.45) is 2.25. The molecule has 0 saturated heterocycles. The molecule has 246 valence electrons. The van der Waals surface area contributed by atoms with Crippen LogP contribution in [0, 0.1) is 5.92 Å². The van der Waals surface area contributed by atoms with Gasteiger partial charge in [0.25, 0.3) is 11.8 Å². The standard InChI is InChI=1S/C37H47N3O6/c1-26-23-40(27(2)25-41)37(44)32-22-31(38-36(43)30-16-9-6-10-17-30)18-19-33(32)46-28(3)13-11-12-20-45-34(26)24-39(4)35(42)21-29-14-7-5-8-15-29/h5-10,14-19,22,26-28,34,41H,11-13,20-21,23-25H2,1-4H3,(H,38,43)/t26-,27-,28+,34-/m0/s1. The Balaban J connectivity index is 1.60. The van der Waals surface area contributed by atoms with Crippen molar-refractivity contribution in [3.63, 3.8) is 0 Å². The molecule has 4 atom stereocenters. The van der Waals surface area contributed by atoms with E-state index >= 15 is 0 Å². The predicted molar refractivity (Wildman–Crippen MR) is 179 cm³/mol. The van der Waals surface area contributed by atoms with Crippen LogP contribution >= 0.6 is 0 Å². The topological polar surface area (TPSA) is 108 Å². The minimum atomic E-state index is -0.506. The molecule has 9 nitrogen and oxygen atoms in total. The normalized spacial score (nSPS) is 20.1. The molecule has 0 fully saturated rings. The quantitative estimate of drug-likeness (QED) is 0.344. The molecule has 3 aromatic carbocycles. The lowest BCUT2D eigenvalue weighted by molar-refractivity contribution is -0.131. The molecule has 3 amide bonds. The third-order valence-corrected chi connectivity index (χ3v) is 8.42. The number of nitrogens with one attached hydrogen (secondary N) is 1. The van der Waals surface area contributed by atoms with Gasteiger partial charge in [-0.25, -0.2) is 0 Å². The Morgan fingerprint density at radius 3 is 2.41 bits per heavy atom. The van der Waals surface area contributed by atoms with Crippen molar-refractivity contribution in [2.75, 3.05) is 38.7 Å². The summed E-state index contributed by atoms with van der Waals surface area (Å²) in [6, 6.07) is 23.1. The highest BCUT2D eigenvalue weighted by Crippen LogP contribution is 2.29. The van der Waals surface area contributed by atoms with Crippen molar-refractivity contribution >= 4 is 23.4 Å². The van der Waals surface area contributed by atoms with Crippen LogP contribution in [0.2, 0.25) is 0 Å². The number of benzene rings is 3. The van der Waals surface area contributed by atoms with E-state index < -0.39 is 6.04 Å². The fourth-order valence-corrected chi connectivity index (χ4v) is 5.53. The van der Waals surface area contributed by atoms with Crippen LogP contribution in [0.5, 0.6) is 5.75 Å². The van der Waals surface area contributed by atoms with Gasteiger partial charge in [-0.15, -0.1) is 0 Å². The van der Waals surface area contributed by atoms with Crippen molar-refractivity contribution in [2.45, 2.75) is 64.7 Å². The molecule has 46 heavy (non-hydrogen) atoms. The smallest absolute Gasteiger partial charge is 0.258 e. The van der Waals surface area contributed by atoms with Gasteiger partial charge in [0.15, 0.2) is 0 Å². The van der Waals surface area contributed by atoms with E-state index in [0.29, 0.717) is 42.1 Å². The monoisotopic (exact) mass is 629 g/mol. The SMILES string of the molecule is C[C@@H]1CCCCO[C@@H](CN(C)C(=O)Cc2ccccc2)[C@@H](C)CN([C@@H](C)CO)C(=O)c2cc(NC(=O)c3ccccc3)ccc2O1. The number of likely N-dealkylation sites (N-methyl/N-ethyl adjacent to an activating group) is 1. The number of carbonyl (C=O) groups excluding carboxylic acids is 3. The molecule has 1 aliphatic rings. The van der Waals surface area contributed by atoms with Crippen molar-refractivity contribution in [3.8, 4) is 5.75 Å². The molecule has 9 heteroatoms. The summed E-state index contributed by atoms with van der Waals surface area (Å²) in [6.45, 7) is 6.70. The number of hydrogen-bond donors (Lipinski definition) is 2. The van der Waals surface area contributed by atoms with E-state index in [1.807, 2.05) is 50.2 Å². The van der Waals surface area contributed by atoms with E-state index in [4.69, 9.17) is 9.47 Å². The van der Waals surface area contributed by atoms with Crippen molar-refractivity contribution in [3.05, 3.63) is 95.6 Å². The summed E-state index contributed by atoms with van der Waals surface area (Å²) in [5, 5.41) is 13.1. The largest absolute Gasteiger partial charge is 0.490 e. The highest BCUT2D eigenvalue weighted by molar-refractivity contribution is 6.05. The highest BCUT2D eigenvalue weighted by atomic mass is 16.5. The lowest BCUT2D eigenvalue weighted by Crippen LogP contribution is -2.48. The van der Waals surface area contributed by atoms with Gasteiger partial charge in [-0.3, -0.25) is 14.4 Å². The van der Waals surface area contributed by atoms with E-state index in [1.165, 1.54) is 0 Å². The average molecular weight is 630 g/mol. The fourth-order valence-electron chi connectivity index (χ4n) is 5.53. The van der Waals surface area contributed by atoms with E-state index in [9.17, 15) is 19.5 Å². The number of rotatable bonds is 8. The minimum absolute atomic E-state index is 0.0111. The third kappa shape index (κ3) is 9.64. The van der Waals surface area contributed by atoms with Gasteiger partial charge < -0.3 is 29.7 Å². The Morgan fingerprint density at radius 2 is 1.72 bits per heavy atom. The first-order valence-electron chi connectivity index (χ1n) is 16.1. The molecule has 0 unspecified atom stereocenters. The van der Waals surface area contributed by atoms with Crippen LogP contribution in [0.3, 0.4) is 0 Å². The number of nitrogens with zero attached hydrogens (tertiary/aromatic N) is 2. The number of aliphatic hydroxyl groups excluding tert-OH is 1. The van der Waals surface area contributed by atoms with Gasteiger partial charge in [-0.1, -0.05) is 55.5 Å². The van der Waals surface area contributed by atoms with E-state index in [-0.39, 0.29) is 49.0 Å². The maximum atomic E-state index is 14.3. The van der Waals surface area contributed by atoms with Gasteiger partial charge in [-0.2, -0.15) is 0 Å². The zero-order valence-electron chi connectivity index (χ0n) is 27.4. The Kier molecular flexibility index (Phi) is 12.7.